The zero-order valence-corrected chi connectivity index (χ0v) is 18.4. The number of fused-ring (bicyclic) bond motifs is 2. The zero-order chi connectivity index (χ0) is 22.7. The van der Waals surface area contributed by atoms with Gasteiger partial charge in [-0.2, -0.15) is 8.61 Å². The Morgan fingerprint density at radius 1 is 0.594 bits per heavy atom. The van der Waals surface area contributed by atoms with Crippen LogP contribution in [0.3, 0.4) is 0 Å². The monoisotopic (exact) mass is 472 g/mol. The molecule has 3 aromatic rings. The van der Waals surface area contributed by atoms with Gasteiger partial charge in [-0.1, -0.05) is 60.7 Å². The molecule has 0 spiro atoms. The molecule has 10 heteroatoms. The van der Waals surface area contributed by atoms with Crippen molar-refractivity contribution in [2.75, 3.05) is 0 Å². The summed E-state index contributed by atoms with van der Waals surface area (Å²) in [7, 11) is -7.63. The second kappa shape index (κ2) is 7.48. The van der Waals surface area contributed by atoms with Crippen LogP contribution < -0.4 is 0 Å². The summed E-state index contributed by atoms with van der Waals surface area (Å²) in [5.41, 5.74) is 1.96. The van der Waals surface area contributed by atoms with E-state index in [-0.39, 0.29) is 22.9 Å². The summed E-state index contributed by atoms with van der Waals surface area (Å²) < 4.78 is 53.2. The van der Waals surface area contributed by atoms with E-state index in [1.165, 1.54) is 12.1 Å². The predicted octanol–water partition coefficient (Wildman–Crippen LogP) is 2.08. The van der Waals surface area contributed by atoms with Gasteiger partial charge in [0.15, 0.2) is 0 Å². The Balaban J connectivity index is 1.35. The van der Waals surface area contributed by atoms with Gasteiger partial charge in [0.1, 0.15) is 12.5 Å². The molecule has 32 heavy (non-hydrogen) atoms. The molecular formula is C22H20N2O6S2. The zero-order valence-electron chi connectivity index (χ0n) is 16.7. The van der Waals surface area contributed by atoms with Crippen LogP contribution in [0.5, 0.6) is 0 Å². The van der Waals surface area contributed by atoms with E-state index < -0.39 is 32.5 Å². The summed E-state index contributed by atoms with van der Waals surface area (Å²) in [6.45, 7) is -0.0664. The molecule has 0 aliphatic carbocycles. The highest BCUT2D eigenvalue weighted by Gasteiger charge is 2.42. The summed E-state index contributed by atoms with van der Waals surface area (Å²) in [4.78, 5) is 0.189. The Hall–Kier alpha value is -2.60. The summed E-state index contributed by atoms with van der Waals surface area (Å²) >= 11 is 0. The fraction of sp³-hybridized carbons (Fsp3) is 0.182. The van der Waals surface area contributed by atoms with Crippen molar-refractivity contribution < 1.29 is 27.0 Å². The normalized spacial score (nSPS) is 23.7. The molecule has 5 rings (SSSR count). The summed E-state index contributed by atoms with van der Waals surface area (Å²) in [5.74, 6) is 0. The van der Waals surface area contributed by atoms with Crippen molar-refractivity contribution in [1.29, 1.82) is 0 Å². The van der Waals surface area contributed by atoms with E-state index in [1.54, 1.807) is 60.7 Å². The van der Waals surface area contributed by atoms with Crippen LogP contribution in [-0.2, 0) is 33.1 Å². The average Bonchev–Trinajstić information content (AvgIpc) is 3.10. The highest BCUT2D eigenvalue weighted by atomic mass is 32.2. The molecule has 2 heterocycles. The van der Waals surface area contributed by atoms with E-state index in [0.717, 1.165) is 8.61 Å². The number of benzene rings is 3. The number of sulfonamides is 2. The number of aliphatic hydroxyl groups excluding tert-OH is 2. The van der Waals surface area contributed by atoms with Gasteiger partial charge in [0.2, 0.25) is 20.0 Å². The first-order chi connectivity index (χ1) is 15.2. The van der Waals surface area contributed by atoms with Crippen LogP contribution >= 0.6 is 0 Å². The maximum Gasteiger partial charge on any atom is 0.246 e. The Morgan fingerprint density at radius 3 is 1.28 bits per heavy atom. The highest BCUT2D eigenvalue weighted by Crippen LogP contribution is 2.40. The summed E-state index contributed by atoms with van der Waals surface area (Å²) in [6.07, 6.45) is -2.53. The lowest BCUT2D eigenvalue weighted by Gasteiger charge is -2.20. The van der Waals surface area contributed by atoms with E-state index >= 15 is 0 Å². The van der Waals surface area contributed by atoms with E-state index in [2.05, 4.69) is 0 Å². The van der Waals surface area contributed by atoms with Crippen LogP contribution in [0.2, 0.25) is 0 Å². The summed E-state index contributed by atoms with van der Waals surface area (Å²) in [6, 6.07) is 19.4. The van der Waals surface area contributed by atoms with Gasteiger partial charge < -0.3 is 10.2 Å². The molecule has 0 amide bonds. The van der Waals surface area contributed by atoms with Gasteiger partial charge in [-0.3, -0.25) is 0 Å². The molecule has 0 bridgehead atoms. The van der Waals surface area contributed by atoms with Crippen molar-refractivity contribution in [1.82, 2.24) is 8.61 Å². The highest BCUT2D eigenvalue weighted by molar-refractivity contribution is 7.89. The minimum atomic E-state index is -3.81. The molecule has 2 aliphatic heterocycles. The lowest BCUT2D eigenvalue weighted by molar-refractivity contribution is 0.0640. The lowest BCUT2D eigenvalue weighted by Crippen LogP contribution is -2.28. The van der Waals surface area contributed by atoms with Gasteiger partial charge in [0, 0.05) is 24.2 Å². The van der Waals surface area contributed by atoms with Crippen molar-refractivity contribution in [2.24, 2.45) is 0 Å². The molecule has 2 aliphatic rings. The first kappa shape index (κ1) is 21.3. The van der Waals surface area contributed by atoms with E-state index in [4.69, 9.17) is 0 Å². The minimum absolute atomic E-state index is 0.0332. The van der Waals surface area contributed by atoms with Crippen LogP contribution in [0.15, 0.2) is 82.6 Å². The average molecular weight is 473 g/mol. The molecule has 0 fully saturated rings. The maximum atomic E-state index is 12.8. The number of aliphatic hydroxyl groups is 2. The third-order valence-electron chi connectivity index (χ3n) is 5.81. The predicted molar refractivity (Wildman–Crippen MR) is 115 cm³/mol. The second-order valence-corrected chi connectivity index (χ2v) is 11.5. The number of hydrogen-bond donors (Lipinski definition) is 2. The number of nitrogens with zero attached hydrogens (tertiary/aromatic N) is 2. The molecule has 3 aromatic carbocycles. The Kier molecular flexibility index (Phi) is 4.97. The minimum Gasteiger partial charge on any atom is -0.373 e. The topological polar surface area (TPSA) is 115 Å². The quantitative estimate of drug-likeness (QED) is 0.601. The van der Waals surface area contributed by atoms with E-state index in [1.807, 2.05) is 0 Å². The molecule has 2 atom stereocenters. The van der Waals surface area contributed by atoms with Gasteiger partial charge >= 0.3 is 0 Å². The lowest BCUT2D eigenvalue weighted by atomic mass is 10.1. The molecule has 0 saturated carbocycles. The first-order valence-corrected chi connectivity index (χ1v) is 12.7. The maximum absolute atomic E-state index is 12.8. The van der Waals surface area contributed by atoms with Crippen LogP contribution in [0.25, 0.3) is 0 Å². The van der Waals surface area contributed by atoms with Gasteiger partial charge in [-0.05, 0) is 23.3 Å². The molecule has 0 radical (unpaired) electrons. The first-order valence-electron chi connectivity index (χ1n) is 9.87. The van der Waals surface area contributed by atoms with Crippen LogP contribution in [0.1, 0.15) is 34.7 Å². The molecule has 166 valence electrons. The van der Waals surface area contributed by atoms with Crippen LogP contribution in [0.4, 0.5) is 0 Å². The fourth-order valence-corrected chi connectivity index (χ4v) is 7.48. The molecule has 0 saturated heterocycles. The van der Waals surface area contributed by atoms with Crippen molar-refractivity contribution in [3.63, 3.8) is 0 Å². The van der Waals surface area contributed by atoms with Crippen molar-refractivity contribution >= 4 is 20.0 Å². The SMILES string of the molecule is O=S1(=O)c2ccccc2[C@@H](O)N1Cc1ccc(CN2[C@@H](O)c3ccccc3S2(=O)=O)cc1. The van der Waals surface area contributed by atoms with Crippen molar-refractivity contribution in [3.05, 3.63) is 95.1 Å². The Bertz CT molecular complexity index is 1300. The van der Waals surface area contributed by atoms with Gasteiger partial charge in [-0.25, -0.2) is 16.8 Å². The van der Waals surface area contributed by atoms with Crippen LogP contribution in [-0.4, -0.2) is 35.7 Å². The van der Waals surface area contributed by atoms with Crippen molar-refractivity contribution in [3.8, 4) is 0 Å². The van der Waals surface area contributed by atoms with Gasteiger partial charge in [-0.15, -0.1) is 0 Å². The van der Waals surface area contributed by atoms with Gasteiger partial charge in [0.05, 0.1) is 9.79 Å². The van der Waals surface area contributed by atoms with Gasteiger partial charge in [0.25, 0.3) is 0 Å². The number of rotatable bonds is 4. The third kappa shape index (κ3) is 3.19. The van der Waals surface area contributed by atoms with Crippen LogP contribution in [0, 0.1) is 0 Å². The van der Waals surface area contributed by atoms with E-state index in [0.29, 0.717) is 22.3 Å². The largest absolute Gasteiger partial charge is 0.373 e. The molecular weight excluding hydrogens is 452 g/mol. The Morgan fingerprint density at radius 2 is 0.938 bits per heavy atom. The van der Waals surface area contributed by atoms with Crippen molar-refractivity contribution in [2.45, 2.75) is 35.3 Å². The molecule has 2 N–H and O–H groups in total. The third-order valence-corrected chi connectivity index (χ3v) is 9.56. The smallest absolute Gasteiger partial charge is 0.246 e. The molecule has 0 unspecified atom stereocenters. The molecule has 0 aromatic heterocycles. The molecule has 8 nitrogen and oxygen atoms in total. The number of hydrogen-bond acceptors (Lipinski definition) is 6. The fourth-order valence-electron chi connectivity index (χ4n) is 4.14. The standard InChI is InChI=1S/C22H20N2O6S2/c25-21-17-5-1-3-7-19(17)31(27,28)23(21)13-15-9-11-16(12-10-15)14-24-22(26)18-6-2-4-8-20(18)32(24,29)30/h1-12,21-22,25-26H,13-14H2/t21-,22+. The second-order valence-electron chi connectivity index (χ2n) is 7.74. The van der Waals surface area contributed by atoms with E-state index in [9.17, 15) is 27.0 Å². The Labute approximate surface area is 186 Å². The summed E-state index contributed by atoms with van der Waals surface area (Å²) in [5, 5.41) is 21.0.